The van der Waals surface area contributed by atoms with E-state index in [1.54, 1.807) is 16.5 Å². The molecule has 40 heavy (non-hydrogen) atoms. The molecule has 5 rings (SSSR count). The Kier molecular flexibility index (Phi) is 7.31. The van der Waals surface area contributed by atoms with Crippen LogP contribution in [0, 0.1) is 6.92 Å². The largest absolute Gasteiger partial charge is 0.355 e. The SMILES string of the molecule is Cc1cn2nc([C@H](C)N(C)C(=O)C3(NC(=O)CNS(C)(=O)=O)CCc4ccccc43)cc2nc1N1CC[C@H](N)C1. The van der Waals surface area contributed by atoms with Crippen molar-refractivity contribution in [3.05, 3.63) is 58.9 Å². The molecule has 2 amide bonds. The van der Waals surface area contributed by atoms with Crippen molar-refractivity contribution in [1.29, 1.82) is 0 Å². The normalized spacial score (nSPS) is 21.4. The summed E-state index contributed by atoms with van der Waals surface area (Å²) in [4.78, 5) is 35.7. The van der Waals surface area contributed by atoms with E-state index in [2.05, 4.69) is 14.9 Å². The summed E-state index contributed by atoms with van der Waals surface area (Å²) in [5, 5.41) is 7.60. The second-order valence-corrected chi connectivity index (χ2v) is 12.7. The zero-order chi connectivity index (χ0) is 28.8. The first-order valence-electron chi connectivity index (χ1n) is 13.4. The number of nitrogens with two attached hydrogens (primary N) is 1. The maximum absolute atomic E-state index is 14.2. The molecule has 1 fully saturated rings. The molecule has 0 bridgehead atoms. The summed E-state index contributed by atoms with van der Waals surface area (Å²) >= 11 is 0. The van der Waals surface area contributed by atoms with Gasteiger partial charge in [0, 0.05) is 44.0 Å². The molecule has 1 aliphatic carbocycles. The molecule has 1 saturated heterocycles. The van der Waals surface area contributed by atoms with Crippen LogP contribution in [-0.2, 0) is 31.6 Å². The average Bonchev–Trinajstić information content (AvgIpc) is 3.62. The van der Waals surface area contributed by atoms with Gasteiger partial charge in [0.2, 0.25) is 15.9 Å². The Morgan fingerprint density at radius 3 is 2.75 bits per heavy atom. The van der Waals surface area contributed by atoms with Crippen molar-refractivity contribution in [2.24, 2.45) is 5.73 Å². The highest BCUT2D eigenvalue weighted by atomic mass is 32.2. The summed E-state index contributed by atoms with van der Waals surface area (Å²) in [7, 11) is -1.89. The highest BCUT2D eigenvalue weighted by molar-refractivity contribution is 7.88. The van der Waals surface area contributed by atoms with Gasteiger partial charge in [-0.3, -0.25) is 9.59 Å². The number of fused-ring (bicyclic) bond motifs is 2. The molecule has 1 aliphatic heterocycles. The number of likely N-dealkylation sites (N-methyl/N-ethyl adjacent to an activating group) is 1. The van der Waals surface area contributed by atoms with Gasteiger partial charge in [0.25, 0.3) is 5.91 Å². The van der Waals surface area contributed by atoms with E-state index in [-0.39, 0.29) is 11.9 Å². The lowest BCUT2D eigenvalue weighted by atomic mass is 9.89. The van der Waals surface area contributed by atoms with Crippen LogP contribution in [-0.4, -0.2) is 78.7 Å². The summed E-state index contributed by atoms with van der Waals surface area (Å²) in [6.07, 6.45) is 4.80. The van der Waals surface area contributed by atoms with Gasteiger partial charge in [0.1, 0.15) is 11.4 Å². The van der Waals surface area contributed by atoms with Crippen LogP contribution in [0.25, 0.3) is 5.65 Å². The van der Waals surface area contributed by atoms with Crippen LogP contribution in [0.4, 0.5) is 5.82 Å². The first-order valence-corrected chi connectivity index (χ1v) is 15.3. The average molecular weight is 569 g/mol. The third-order valence-electron chi connectivity index (χ3n) is 7.94. The van der Waals surface area contributed by atoms with Gasteiger partial charge in [-0.1, -0.05) is 24.3 Å². The molecule has 0 spiro atoms. The van der Waals surface area contributed by atoms with E-state index in [0.717, 1.165) is 42.7 Å². The number of aromatic nitrogens is 3. The fraction of sp³-hybridized carbons (Fsp3) is 0.481. The number of carbonyl (C=O) groups is 2. The number of aryl methyl sites for hydroxylation is 2. The molecule has 2 aliphatic rings. The predicted molar refractivity (Wildman–Crippen MR) is 151 cm³/mol. The second kappa shape index (κ2) is 10.5. The lowest BCUT2D eigenvalue weighted by Crippen LogP contribution is -2.57. The number of anilines is 1. The van der Waals surface area contributed by atoms with E-state index >= 15 is 0 Å². The van der Waals surface area contributed by atoms with Crippen molar-refractivity contribution < 1.29 is 18.0 Å². The maximum atomic E-state index is 14.2. The minimum Gasteiger partial charge on any atom is -0.355 e. The Morgan fingerprint density at radius 2 is 2.05 bits per heavy atom. The maximum Gasteiger partial charge on any atom is 0.253 e. The molecule has 3 aromatic rings. The lowest BCUT2D eigenvalue weighted by molar-refractivity contribution is -0.142. The van der Waals surface area contributed by atoms with Crippen LogP contribution < -0.4 is 20.7 Å². The zero-order valence-electron chi connectivity index (χ0n) is 23.2. The molecule has 3 atom stereocenters. The number of rotatable bonds is 8. The molecule has 4 N–H and O–H groups in total. The summed E-state index contributed by atoms with van der Waals surface area (Å²) in [6, 6.07) is 9.08. The molecule has 214 valence electrons. The van der Waals surface area contributed by atoms with E-state index < -0.39 is 34.1 Å². The molecule has 3 heterocycles. The van der Waals surface area contributed by atoms with Crippen molar-refractivity contribution in [2.45, 2.75) is 50.7 Å². The van der Waals surface area contributed by atoms with Gasteiger partial charge >= 0.3 is 0 Å². The smallest absolute Gasteiger partial charge is 0.253 e. The number of nitrogens with zero attached hydrogens (tertiary/aromatic N) is 5. The van der Waals surface area contributed by atoms with Crippen molar-refractivity contribution in [3.63, 3.8) is 0 Å². The van der Waals surface area contributed by atoms with Crippen molar-refractivity contribution in [1.82, 2.24) is 29.5 Å². The topological polar surface area (TPSA) is 155 Å². The highest BCUT2D eigenvalue weighted by Crippen LogP contribution is 2.39. The summed E-state index contributed by atoms with van der Waals surface area (Å²) in [6.45, 7) is 5.03. The zero-order valence-corrected chi connectivity index (χ0v) is 24.0. The fourth-order valence-corrected chi connectivity index (χ4v) is 6.09. The van der Waals surface area contributed by atoms with Crippen LogP contribution in [0.5, 0.6) is 0 Å². The van der Waals surface area contributed by atoms with E-state index in [4.69, 9.17) is 15.8 Å². The van der Waals surface area contributed by atoms with Crippen LogP contribution in [0.3, 0.4) is 0 Å². The number of benzene rings is 1. The van der Waals surface area contributed by atoms with Crippen LogP contribution in [0.1, 0.15) is 48.2 Å². The molecular weight excluding hydrogens is 532 g/mol. The summed E-state index contributed by atoms with van der Waals surface area (Å²) in [5.41, 5.74) is 8.78. The van der Waals surface area contributed by atoms with Gasteiger partial charge in [0.15, 0.2) is 5.65 Å². The van der Waals surface area contributed by atoms with Crippen LogP contribution >= 0.6 is 0 Å². The molecule has 1 unspecified atom stereocenters. The predicted octanol–water partition coefficient (Wildman–Crippen LogP) is 0.602. The van der Waals surface area contributed by atoms with Gasteiger partial charge in [0.05, 0.1) is 24.5 Å². The van der Waals surface area contributed by atoms with Crippen molar-refractivity contribution in [2.75, 3.05) is 37.8 Å². The Morgan fingerprint density at radius 1 is 1.30 bits per heavy atom. The lowest BCUT2D eigenvalue weighted by Gasteiger charge is -2.36. The molecule has 1 aromatic carbocycles. The third kappa shape index (κ3) is 5.28. The summed E-state index contributed by atoms with van der Waals surface area (Å²) in [5.74, 6) is -0.000364. The van der Waals surface area contributed by atoms with E-state index in [9.17, 15) is 18.0 Å². The van der Waals surface area contributed by atoms with Crippen molar-refractivity contribution >= 4 is 33.3 Å². The Hall–Kier alpha value is -3.55. The first kappa shape index (κ1) is 28.0. The Bertz CT molecular complexity index is 1570. The van der Waals surface area contributed by atoms with Gasteiger partial charge in [-0.05, 0) is 44.2 Å². The number of carbonyl (C=O) groups excluding carboxylic acids is 2. The van der Waals surface area contributed by atoms with Crippen molar-refractivity contribution in [3.8, 4) is 0 Å². The Labute approximate surface area is 234 Å². The van der Waals surface area contributed by atoms with Gasteiger partial charge in [-0.2, -0.15) is 5.10 Å². The number of hydrogen-bond acceptors (Lipinski definition) is 8. The number of amides is 2. The molecule has 0 radical (unpaired) electrons. The second-order valence-electron chi connectivity index (χ2n) is 10.9. The monoisotopic (exact) mass is 568 g/mol. The van der Waals surface area contributed by atoms with Gasteiger partial charge < -0.3 is 20.9 Å². The van der Waals surface area contributed by atoms with Gasteiger partial charge in [-0.15, -0.1) is 0 Å². The van der Waals surface area contributed by atoms with E-state index in [1.165, 1.54) is 0 Å². The standard InChI is InChI=1S/C27H36N8O4S/c1-17-15-35-23(30-25(17)34-12-10-20(28)16-34)13-22(32-35)18(2)33(3)26(37)27(31-24(36)14-29-40(4,38)39)11-9-19-7-5-6-8-21(19)27/h5-8,13,15,18,20,29H,9-12,14,16,28H2,1-4H3,(H,31,36)/t18-,20-,27?/m0/s1. The van der Waals surface area contributed by atoms with E-state index in [1.807, 2.05) is 50.4 Å². The number of sulfonamides is 1. The van der Waals surface area contributed by atoms with Gasteiger partial charge in [-0.25, -0.2) is 22.6 Å². The molecule has 13 heteroatoms. The fourth-order valence-electron chi connectivity index (χ4n) is 5.69. The number of hydrogen-bond donors (Lipinski definition) is 3. The minimum absolute atomic E-state index is 0.133. The minimum atomic E-state index is -3.58. The Balaban J connectivity index is 1.43. The third-order valence-corrected chi connectivity index (χ3v) is 8.61. The van der Waals surface area contributed by atoms with Crippen LogP contribution in [0.2, 0.25) is 0 Å². The molecule has 12 nitrogen and oxygen atoms in total. The highest BCUT2D eigenvalue weighted by Gasteiger charge is 2.48. The number of nitrogens with one attached hydrogen (secondary N) is 2. The summed E-state index contributed by atoms with van der Waals surface area (Å²) < 4.78 is 27.0. The van der Waals surface area contributed by atoms with Crippen LogP contribution in [0.15, 0.2) is 36.5 Å². The van der Waals surface area contributed by atoms with E-state index in [0.29, 0.717) is 29.7 Å². The molecule has 2 aromatic heterocycles. The quantitative estimate of drug-likeness (QED) is 0.357. The molecule has 0 saturated carbocycles. The molecular formula is C27H36N8O4S. The first-order chi connectivity index (χ1) is 18.9.